The Morgan fingerprint density at radius 1 is 0.706 bits per heavy atom. The van der Waals surface area contributed by atoms with Crippen LogP contribution >= 0.6 is 0 Å². The van der Waals surface area contributed by atoms with Gasteiger partial charge in [0, 0.05) is 11.1 Å². The van der Waals surface area contributed by atoms with Crippen LogP contribution in [0.2, 0.25) is 0 Å². The van der Waals surface area contributed by atoms with Gasteiger partial charge in [0.05, 0.1) is 13.7 Å². The summed E-state index contributed by atoms with van der Waals surface area (Å²) >= 11 is 0. The van der Waals surface area contributed by atoms with E-state index < -0.39 is 0 Å². The number of nitrogens with zero attached hydrogens (tertiary/aromatic N) is 1. The van der Waals surface area contributed by atoms with E-state index in [-0.39, 0.29) is 11.1 Å². The fourth-order valence-corrected chi connectivity index (χ4v) is 5.76. The fraction of sp³-hybridized carbons (Fsp3) is 0.419. The number of hydrogen-bond donors (Lipinski definition) is 0. The van der Waals surface area contributed by atoms with Crippen molar-refractivity contribution in [3.05, 3.63) is 78.4 Å². The molecule has 1 saturated heterocycles. The van der Waals surface area contributed by atoms with Crippen molar-refractivity contribution in [2.45, 2.75) is 70.9 Å². The van der Waals surface area contributed by atoms with Crippen LogP contribution in [0.25, 0.3) is 22.3 Å². The summed E-state index contributed by atoms with van der Waals surface area (Å²) in [6.45, 7) is 12.0. The van der Waals surface area contributed by atoms with Crippen LogP contribution in [0.3, 0.4) is 0 Å². The SMILES string of the molecule is CCCOc1ccc(-c2ccc(-c3ccc(C4CC(C)(C)N(OC)C(C)(C)C4)cc3)cc2)cc1. The summed E-state index contributed by atoms with van der Waals surface area (Å²) in [7, 11) is 1.79. The van der Waals surface area contributed by atoms with E-state index in [0.29, 0.717) is 5.92 Å². The van der Waals surface area contributed by atoms with Crippen molar-refractivity contribution < 1.29 is 9.57 Å². The minimum Gasteiger partial charge on any atom is -0.494 e. The molecule has 180 valence electrons. The minimum atomic E-state index is -0.00397. The number of rotatable bonds is 7. The maximum Gasteiger partial charge on any atom is 0.119 e. The van der Waals surface area contributed by atoms with E-state index in [2.05, 4.69) is 112 Å². The molecule has 0 spiro atoms. The fourth-order valence-electron chi connectivity index (χ4n) is 5.76. The van der Waals surface area contributed by atoms with Gasteiger partial charge in [-0.05, 0) is 92.8 Å². The van der Waals surface area contributed by atoms with Crippen LogP contribution < -0.4 is 4.74 Å². The second-order valence-electron chi connectivity index (χ2n) is 10.8. The highest BCUT2D eigenvalue weighted by Gasteiger charge is 2.46. The lowest BCUT2D eigenvalue weighted by Crippen LogP contribution is -2.59. The van der Waals surface area contributed by atoms with Gasteiger partial charge in [-0.15, -0.1) is 0 Å². The molecular weight excluding hydrogens is 418 g/mol. The van der Waals surface area contributed by atoms with Crippen molar-refractivity contribution in [2.75, 3.05) is 13.7 Å². The van der Waals surface area contributed by atoms with Crippen LogP contribution in [0.1, 0.15) is 65.4 Å². The Hall–Kier alpha value is -2.62. The molecule has 3 aromatic rings. The van der Waals surface area contributed by atoms with Crippen molar-refractivity contribution in [2.24, 2.45) is 0 Å². The molecule has 0 aliphatic carbocycles. The lowest BCUT2D eigenvalue weighted by Gasteiger charge is -2.53. The third-order valence-electron chi connectivity index (χ3n) is 7.03. The molecule has 0 unspecified atom stereocenters. The zero-order valence-corrected chi connectivity index (χ0v) is 21.6. The molecule has 3 heteroatoms. The quantitative estimate of drug-likeness (QED) is 0.358. The van der Waals surface area contributed by atoms with Crippen molar-refractivity contribution in [3.8, 4) is 28.0 Å². The molecule has 3 nitrogen and oxygen atoms in total. The molecule has 4 rings (SSSR count). The average molecular weight is 458 g/mol. The third kappa shape index (κ3) is 5.21. The molecule has 34 heavy (non-hydrogen) atoms. The molecule has 0 N–H and O–H groups in total. The van der Waals surface area contributed by atoms with E-state index in [1.54, 1.807) is 7.11 Å². The zero-order chi connectivity index (χ0) is 24.3. The Bertz CT molecular complexity index is 1050. The molecule has 0 bridgehead atoms. The highest BCUT2D eigenvalue weighted by molar-refractivity contribution is 5.70. The summed E-state index contributed by atoms with van der Waals surface area (Å²) in [5, 5.41) is 2.18. The summed E-state index contributed by atoms with van der Waals surface area (Å²) in [4.78, 5) is 5.77. The van der Waals surface area contributed by atoms with E-state index in [1.807, 2.05) is 0 Å². The number of hydrogen-bond acceptors (Lipinski definition) is 3. The summed E-state index contributed by atoms with van der Waals surface area (Å²) < 4.78 is 5.70. The topological polar surface area (TPSA) is 21.7 Å². The van der Waals surface area contributed by atoms with Crippen LogP contribution in [0.5, 0.6) is 5.75 Å². The van der Waals surface area contributed by atoms with E-state index in [0.717, 1.165) is 31.6 Å². The lowest BCUT2D eigenvalue weighted by molar-refractivity contribution is -0.266. The minimum absolute atomic E-state index is 0.00397. The van der Waals surface area contributed by atoms with Crippen molar-refractivity contribution in [1.82, 2.24) is 5.06 Å². The first-order valence-corrected chi connectivity index (χ1v) is 12.5. The monoisotopic (exact) mass is 457 g/mol. The van der Waals surface area contributed by atoms with E-state index in [9.17, 15) is 0 Å². The maximum absolute atomic E-state index is 5.77. The molecule has 0 amide bonds. The maximum atomic E-state index is 5.77. The summed E-state index contributed by atoms with van der Waals surface area (Å²) in [5.41, 5.74) is 6.34. The summed E-state index contributed by atoms with van der Waals surface area (Å²) in [6, 6.07) is 26.4. The van der Waals surface area contributed by atoms with E-state index >= 15 is 0 Å². The number of piperidine rings is 1. The van der Waals surface area contributed by atoms with Crippen molar-refractivity contribution in [1.29, 1.82) is 0 Å². The summed E-state index contributed by atoms with van der Waals surface area (Å²) in [6.07, 6.45) is 3.19. The molecule has 0 saturated carbocycles. The number of hydroxylamine groups is 2. The Morgan fingerprint density at radius 2 is 1.12 bits per heavy atom. The highest BCUT2D eigenvalue weighted by atomic mass is 16.7. The van der Waals surface area contributed by atoms with Crippen LogP contribution in [0.4, 0.5) is 0 Å². The molecule has 0 radical (unpaired) electrons. The molecule has 0 aromatic heterocycles. The van der Waals surface area contributed by atoms with Gasteiger partial charge in [0.2, 0.25) is 0 Å². The van der Waals surface area contributed by atoms with Gasteiger partial charge in [-0.3, -0.25) is 0 Å². The molecule has 1 aliphatic heterocycles. The number of benzene rings is 3. The Balaban J connectivity index is 1.47. The molecule has 0 atom stereocenters. The van der Waals surface area contributed by atoms with Crippen LogP contribution in [-0.2, 0) is 4.84 Å². The first kappa shape index (κ1) is 24.5. The normalized spacial score (nSPS) is 18.1. The Kier molecular flexibility index (Phi) is 7.16. The standard InChI is InChI=1S/C31H39NO2/c1-7-20-34-29-18-16-26(17-19-29)25-10-8-23(9-11-25)24-12-14-27(15-13-24)28-21-30(2,3)32(33-6)31(4,5)22-28/h8-19,28H,7,20-22H2,1-6H3. The first-order valence-electron chi connectivity index (χ1n) is 12.5. The lowest BCUT2D eigenvalue weighted by atomic mass is 9.72. The zero-order valence-electron chi connectivity index (χ0n) is 21.6. The van der Waals surface area contributed by atoms with Gasteiger partial charge in [0.1, 0.15) is 5.75 Å². The van der Waals surface area contributed by atoms with Crippen molar-refractivity contribution in [3.63, 3.8) is 0 Å². The molecule has 1 heterocycles. The molecule has 1 aliphatic rings. The van der Waals surface area contributed by atoms with Gasteiger partial charge in [-0.1, -0.05) is 67.6 Å². The van der Waals surface area contributed by atoms with Gasteiger partial charge in [-0.25, -0.2) is 0 Å². The second-order valence-corrected chi connectivity index (χ2v) is 10.8. The van der Waals surface area contributed by atoms with Crippen LogP contribution in [0.15, 0.2) is 72.8 Å². The van der Waals surface area contributed by atoms with Gasteiger partial charge in [-0.2, -0.15) is 5.06 Å². The summed E-state index contributed by atoms with van der Waals surface area (Å²) in [5.74, 6) is 1.46. The van der Waals surface area contributed by atoms with E-state index in [4.69, 9.17) is 9.57 Å². The number of ether oxygens (including phenoxy) is 1. The van der Waals surface area contributed by atoms with E-state index in [1.165, 1.54) is 27.8 Å². The highest BCUT2D eigenvalue weighted by Crippen LogP contribution is 2.45. The van der Waals surface area contributed by atoms with Crippen molar-refractivity contribution >= 4 is 0 Å². The first-order chi connectivity index (χ1) is 16.2. The second kappa shape index (κ2) is 9.93. The third-order valence-corrected chi connectivity index (χ3v) is 7.03. The van der Waals surface area contributed by atoms with Crippen LogP contribution in [-0.4, -0.2) is 29.9 Å². The predicted molar refractivity (Wildman–Crippen MR) is 142 cm³/mol. The van der Waals surface area contributed by atoms with Gasteiger partial charge in [0.25, 0.3) is 0 Å². The molecule has 1 fully saturated rings. The van der Waals surface area contributed by atoms with Crippen LogP contribution in [0, 0.1) is 0 Å². The molecule has 3 aromatic carbocycles. The average Bonchev–Trinajstić information content (AvgIpc) is 2.82. The van der Waals surface area contributed by atoms with Gasteiger partial charge >= 0.3 is 0 Å². The molecular formula is C31H39NO2. The van der Waals surface area contributed by atoms with Gasteiger partial charge < -0.3 is 9.57 Å². The largest absolute Gasteiger partial charge is 0.494 e. The van der Waals surface area contributed by atoms with Gasteiger partial charge in [0.15, 0.2) is 0 Å². The predicted octanol–water partition coefficient (Wildman–Crippen LogP) is 8.11. The Morgan fingerprint density at radius 3 is 1.53 bits per heavy atom. The smallest absolute Gasteiger partial charge is 0.119 e. The Labute approximate surface area is 205 Å².